The van der Waals surface area contributed by atoms with Crippen molar-refractivity contribution in [1.82, 2.24) is 0 Å². The van der Waals surface area contributed by atoms with E-state index >= 15 is 0 Å². The molecule has 1 aliphatic heterocycles. The first-order valence-corrected chi connectivity index (χ1v) is 5.07. The van der Waals surface area contributed by atoms with Gasteiger partial charge in [0.05, 0.1) is 16.8 Å². The van der Waals surface area contributed by atoms with Crippen molar-refractivity contribution in [1.29, 1.82) is 0 Å². The van der Waals surface area contributed by atoms with Gasteiger partial charge >= 0.3 is 11.9 Å². The fourth-order valence-electron chi connectivity index (χ4n) is 1.50. The number of hydrogen-bond donors (Lipinski definition) is 0. The summed E-state index contributed by atoms with van der Waals surface area (Å²) in [5.41, 5.74) is 0.450. The van der Waals surface area contributed by atoms with Crippen molar-refractivity contribution in [2.75, 3.05) is 0 Å². The fraction of sp³-hybridized carbons (Fsp3) is 0.200. The van der Waals surface area contributed by atoms with Crippen molar-refractivity contribution in [2.45, 2.75) is 12.3 Å². The number of hydrogen-bond acceptors (Lipinski definition) is 3. The van der Waals surface area contributed by atoms with Gasteiger partial charge < -0.3 is 4.74 Å². The first-order valence-electron chi connectivity index (χ1n) is 4.28. The van der Waals surface area contributed by atoms with Gasteiger partial charge in [-0.05, 0) is 27.6 Å². The molecule has 1 aromatic rings. The largest absolute Gasteiger partial charge is 0.393 e. The third-order valence-corrected chi connectivity index (χ3v) is 3.06. The molecule has 0 radical (unpaired) electrons. The minimum atomic E-state index is -0.692. The second-order valence-corrected chi connectivity index (χ2v) is 3.99. The molecule has 1 fully saturated rings. The zero-order chi connectivity index (χ0) is 11.0. The smallest absolute Gasteiger partial charge is 0.321 e. The Kier molecular flexibility index (Phi) is 2.56. The fourth-order valence-corrected chi connectivity index (χ4v) is 2.04. The molecule has 1 unspecified atom stereocenters. The number of benzene rings is 1. The number of halogens is 2. The summed E-state index contributed by atoms with van der Waals surface area (Å²) in [5.74, 6) is -2.34. The molecular formula is C10H6BrFO3. The Morgan fingerprint density at radius 1 is 1.40 bits per heavy atom. The lowest BCUT2D eigenvalue weighted by molar-refractivity contribution is -0.152. The van der Waals surface area contributed by atoms with E-state index in [1.54, 1.807) is 6.07 Å². The maximum Gasteiger partial charge on any atom is 0.321 e. The van der Waals surface area contributed by atoms with Crippen LogP contribution in [0.5, 0.6) is 0 Å². The molecule has 0 aromatic heterocycles. The van der Waals surface area contributed by atoms with Gasteiger partial charge in [0.25, 0.3) is 0 Å². The topological polar surface area (TPSA) is 43.4 Å². The van der Waals surface area contributed by atoms with Gasteiger partial charge in [0, 0.05) is 0 Å². The SMILES string of the molecule is O=C1CC(c2cccc(F)c2Br)C(=O)O1. The first-order chi connectivity index (χ1) is 7.09. The van der Waals surface area contributed by atoms with Crippen molar-refractivity contribution in [3.8, 4) is 0 Å². The van der Waals surface area contributed by atoms with Gasteiger partial charge in [0.2, 0.25) is 0 Å². The summed E-state index contributed by atoms with van der Waals surface area (Å²) >= 11 is 3.04. The van der Waals surface area contributed by atoms with Crippen molar-refractivity contribution < 1.29 is 18.7 Å². The van der Waals surface area contributed by atoms with E-state index in [1.807, 2.05) is 0 Å². The zero-order valence-electron chi connectivity index (χ0n) is 7.50. The molecule has 0 saturated carbocycles. The van der Waals surface area contributed by atoms with Gasteiger partial charge in [-0.1, -0.05) is 12.1 Å². The summed E-state index contributed by atoms with van der Waals surface area (Å²) in [7, 11) is 0. The minimum absolute atomic E-state index is 0.0269. The Morgan fingerprint density at radius 2 is 2.13 bits per heavy atom. The minimum Gasteiger partial charge on any atom is -0.393 e. The summed E-state index contributed by atoms with van der Waals surface area (Å²) < 4.78 is 17.8. The van der Waals surface area contributed by atoms with Crippen LogP contribution in [0, 0.1) is 5.82 Å². The van der Waals surface area contributed by atoms with E-state index in [9.17, 15) is 14.0 Å². The average Bonchev–Trinajstić information content (AvgIpc) is 2.50. The van der Waals surface area contributed by atoms with E-state index < -0.39 is 23.7 Å². The second-order valence-electron chi connectivity index (χ2n) is 3.19. The van der Waals surface area contributed by atoms with Crippen LogP contribution < -0.4 is 0 Å². The van der Waals surface area contributed by atoms with E-state index in [0.717, 1.165) is 0 Å². The van der Waals surface area contributed by atoms with E-state index in [2.05, 4.69) is 20.7 Å². The van der Waals surface area contributed by atoms with Crippen molar-refractivity contribution in [3.63, 3.8) is 0 Å². The molecule has 0 spiro atoms. The molecule has 0 aliphatic carbocycles. The third kappa shape index (κ3) is 1.79. The molecule has 1 atom stereocenters. The third-order valence-electron chi connectivity index (χ3n) is 2.23. The Morgan fingerprint density at radius 3 is 2.73 bits per heavy atom. The van der Waals surface area contributed by atoms with Crippen molar-refractivity contribution >= 4 is 27.9 Å². The van der Waals surface area contributed by atoms with Crippen LogP contribution in [0.15, 0.2) is 22.7 Å². The summed E-state index contributed by atoms with van der Waals surface area (Å²) in [5, 5.41) is 0. The predicted octanol–water partition coefficient (Wildman–Crippen LogP) is 2.15. The maximum atomic E-state index is 13.2. The number of carbonyl (C=O) groups excluding carboxylic acids is 2. The molecule has 0 N–H and O–H groups in total. The molecule has 5 heteroatoms. The second kappa shape index (κ2) is 3.73. The van der Waals surface area contributed by atoms with E-state index in [-0.39, 0.29) is 10.9 Å². The standard InChI is InChI=1S/C10H6BrFO3/c11-9-5(2-1-3-7(9)12)6-4-8(13)15-10(6)14/h1-3,6H,4H2. The monoisotopic (exact) mass is 272 g/mol. The average molecular weight is 273 g/mol. The maximum absolute atomic E-state index is 13.2. The summed E-state index contributed by atoms with van der Waals surface area (Å²) in [6.07, 6.45) is -0.0269. The molecule has 1 saturated heterocycles. The summed E-state index contributed by atoms with van der Waals surface area (Å²) in [4.78, 5) is 22.1. The number of carbonyl (C=O) groups is 2. The number of esters is 2. The van der Waals surface area contributed by atoms with E-state index in [1.165, 1.54) is 12.1 Å². The molecule has 1 aliphatic rings. The Hall–Kier alpha value is -1.23. The zero-order valence-corrected chi connectivity index (χ0v) is 9.08. The summed E-state index contributed by atoms with van der Waals surface area (Å²) in [6, 6.07) is 4.36. The van der Waals surface area contributed by atoms with Crippen LogP contribution in [0.25, 0.3) is 0 Å². The highest BCUT2D eigenvalue weighted by molar-refractivity contribution is 9.10. The quantitative estimate of drug-likeness (QED) is 0.581. The summed E-state index contributed by atoms with van der Waals surface area (Å²) in [6.45, 7) is 0. The molecule has 15 heavy (non-hydrogen) atoms. The van der Waals surface area contributed by atoms with Crippen LogP contribution in [0.3, 0.4) is 0 Å². The highest BCUT2D eigenvalue weighted by Gasteiger charge is 2.36. The lowest BCUT2D eigenvalue weighted by Crippen LogP contribution is -2.06. The van der Waals surface area contributed by atoms with Gasteiger partial charge in [0.1, 0.15) is 5.82 Å². The van der Waals surface area contributed by atoms with Gasteiger partial charge in [-0.3, -0.25) is 9.59 Å². The Labute approximate surface area is 93.4 Å². The molecule has 78 valence electrons. The molecule has 1 heterocycles. The Bertz CT molecular complexity index is 444. The lowest BCUT2D eigenvalue weighted by atomic mass is 9.98. The normalized spacial score (nSPS) is 20.5. The Balaban J connectivity index is 2.42. The first kappa shape index (κ1) is 10.3. The highest BCUT2D eigenvalue weighted by atomic mass is 79.9. The van der Waals surface area contributed by atoms with Crippen LogP contribution >= 0.6 is 15.9 Å². The number of rotatable bonds is 1. The highest BCUT2D eigenvalue weighted by Crippen LogP contribution is 2.33. The molecule has 3 nitrogen and oxygen atoms in total. The van der Waals surface area contributed by atoms with Gasteiger partial charge in [-0.15, -0.1) is 0 Å². The molecule has 1 aromatic carbocycles. The van der Waals surface area contributed by atoms with Crippen LogP contribution in [0.4, 0.5) is 4.39 Å². The molecule has 0 amide bonds. The van der Waals surface area contributed by atoms with Gasteiger partial charge in [-0.2, -0.15) is 0 Å². The van der Waals surface area contributed by atoms with Gasteiger partial charge in [0.15, 0.2) is 0 Å². The number of ether oxygens (including phenoxy) is 1. The van der Waals surface area contributed by atoms with E-state index in [4.69, 9.17) is 0 Å². The van der Waals surface area contributed by atoms with Crippen LogP contribution in [0.2, 0.25) is 0 Å². The molecule has 2 rings (SSSR count). The van der Waals surface area contributed by atoms with Crippen LogP contribution in [-0.2, 0) is 14.3 Å². The van der Waals surface area contributed by atoms with Crippen molar-refractivity contribution in [2.24, 2.45) is 0 Å². The van der Waals surface area contributed by atoms with Crippen LogP contribution in [-0.4, -0.2) is 11.9 Å². The van der Waals surface area contributed by atoms with Gasteiger partial charge in [-0.25, -0.2) is 4.39 Å². The molecular weight excluding hydrogens is 267 g/mol. The number of cyclic esters (lactones) is 2. The predicted molar refractivity (Wildman–Crippen MR) is 52.6 cm³/mol. The van der Waals surface area contributed by atoms with Crippen LogP contribution in [0.1, 0.15) is 17.9 Å². The van der Waals surface area contributed by atoms with E-state index in [0.29, 0.717) is 5.56 Å². The molecule has 0 bridgehead atoms. The van der Waals surface area contributed by atoms with Crippen molar-refractivity contribution in [3.05, 3.63) is 34.1 Å². The lowest BCUT2D eigenvalue weighted by Gasteiger charge is -2.07.